The highest BCUT2D eigenvalue weighted by Gasteiger charge is 2.02. The maximum absolute atomic E-state index is 11.6. The molecule has 0 fully saturated rings. The van der Waals surface area contributed by atoms with Crippen LogP contribution in [0.2, 0.25) is 0 Å². The van der Waals surface area contributed by atoms with Gasteiger partial charge >= 0.3 is 6.09 Å². The van der Waals surface area contributed by atoms with E-state index in [1.807, 2.05) is 19.1 Å². The second kappa shape index (κ2) is 14.7. The normalized spacial score (nSPS) is 10.6. The van der Waals surface area contributed by atoms with Crippen molar-refractivity contribution in [1.82, 2.24) is 5.32 Å². The van der Waals surface area contributed by atoms with E-state index in [-0.39, 0.29) is 0 Å². The van der Waals surface area contributed by atoms with Gasteiger partial charge in [0.05, 0.1) is 26.4 Å². The average Bonchev–Trinajstić information content (AvgIpc) is 2.61. The molecule has 6 heteroatoms. The Morgan fingerprint density at radius 2 is 1.44 bits per heavy atom. The maximum atomic E-state index is 11.6. The molecule has 25 heavy (non-hydrogen) atoms. The van der Waals surface area contributed by atoms with Gasteiger partial charge in [-0.15, -0.1) is 0 Å². The zero-order valence-electron chi connectivity index (χ0n) is 15.4. The molecule has 1 N–H and O–H groups in total. The highest BCUT2D eigenvalue weighted by Crippen LogP contribution is 2.11. The third-order valence-electron chi connectivity index (χ3n) is 3.35. The van der Waals surface area contributed by atoms with E-state index >= 15 is 0 Å². The summed E-state index contributed by atoms with van der Waals surface area (Å²) in [6.45, 7) is 8.33. The second-order valence-corrected chi connectivity index (χ2v) is 5.67. The van der Waals surface area contributed by atoms with Crippen LogP contribution in [-0.2, 0) is 14.2 Å². The van der Waals surface area contributed by atoms with Crippen molar-refractivity contribution in [3.8, 4) is 5.75 Å². The number of amides is 1. The average molecular weight is 353 g/mol. The van der Waals surface area contributed by atoms with Crippen molar-refractivity contribution in [2.75, 3.05) is 46.2 Å². The molecule has 1 aromatic carbocycles. The largest absolute Gasteiger partial charge is 0.412 e. The van der Waals surface area contributed by atoms with Crippen molar-refractivity contribution in [2.45, 2.75) is 33.1 Å². The zero-order valence-corrected chi connectivity index (χ0v) is 15.4. The molecule has 0 saturated carbocycles. The van der Waals surface area contributed by atoms with Crippen molar-refractivity contribution in [3.05, 3.63) is 29.8 Å². The van der Waals surface area contributed by atoms with Crippen molar-refractivity contribution < 1.29 is 23.7 Å². The Labute approximate surface area is 150 Å². The molecule has 0 aliphatic heterocycles. The minimum atomic E-state index is -0.449. The van der Waals surface area contributed by atoms with Gasteiger partial charge < -0.3 is 24.3 Å². The quantitative estimate of drug-likeness (QED) is 0.520. The molecule has 1 rings (SSSR count). The summed E-state index contributed by atoms with van der Waals surface area (Å²) in [6, 6.07) is 7.34. The summed E-state index contributed by atoms with van der Waals surface area (Å²) in [6.07, 6.45) is 2.52. The molecule has 0 heterocycles. The van der Waals surface area contributed by atoms with E-state index in [0.29, 0.717) is 45.3 Å². The van der Waals surface area contributed by atoms with Gasteiger partial charge in [0, 0.05) is 19.8 Å². The monoisotopic (exact) mass is 353 g/mol. The first-order valence-electron chi connectivity index (χ1n) is 8.98. The lowest BCUT2D eigenvalue weighted by molar-refractivity contribution is 0.0138. The first-order chi connectivity index (χ1) is 12.2. The predicted molar refractivity (Wildman–Crippen MR) is 97.2 cm³/mol. The van der Waals surface area contributed by atoms with Crippen LogP contribution in [0.25, 0.3) is 0 Å². The van der Waals surface area contributed by atoms with Gasteiger partial charge in [-0.25, -0.2) is 4.79 Å². The number of benzene rings is 1. The van der Waals surface area contributed by atoms with Gasteiger partial charge in [-0.3, -0.25) is 0 Å². The summed E-state index contributed by atoms with van der Waals surface area (Å²) >= 11 is 0. The van der Waals surface area contributed by atoms with Crippen molar-refractivity contribution in [2.24, 2.45) is 0 Å². The summed E-state index contributed by atoms with van der Waals surface area (Å²) in [5, 5.41) is 2.69. The number of hydrogen-bond acceptors (Lipinski definition) is 5. The highest BCUT2D eigenvalue weighted by atomic mass is 16.6. The fourth-order valence-electron chi connectivity index (χ4n) is 1.90. The maximum Gasteiger partial charge on any atom is 0.412 e. The third-order valence-corrected chi connectivity index (χ3v) is 3.35. The topological polar surface area (TPSA) is 66.0 Å². The van der Waals surface area contributed by atoms with E-state index < -0.39 is 6.09 Å². The van der Waals surface area contributed by atoms with Crippen molar-refractivity contribution >= 4 is 6.09 Å². The minimum Gasteiger partial charge on any atom is -0.410 e. The van der Waals surface area contributed by atoms with Gasteiger partial charge in [-0.05, 0) is 31.9 Å². The van der Waals surface area contributed by atoms with E-state index in [1.165, 1.54) is 0 Å². The first-order valence-corrected chi connectivity index (χ1v) is 8.98. The van der Waals surface area contributed by atoms with Gasteiger partial charge in [0.1, 0.15) is 5.75 Å². The minimum absolute atomic E-state index is 0.449. The van der Waals surface area contributed by atoms with Crippen LogP contribution < -0.4 is 10.1 Å². The second-order valence-electron chi connectivity index (χ2n) is 5.67. The summed E-state index contributed by atoms with van der Waals surface area (Å²) < 4.78 is 21.4. The number of aryl methyl sites for hydroxylation is 1. The number of nitrogens with one attached hydrogen (secondary N) is 1. The molecule has 0 atom stereocenters. The van der Waals surface area contributed by atoms with Crippen LogP contribution in [0.5, 0.6) is 5.75 Å². The number of ether oxygens (including phenoxy) is 4. The highest BCUT2D eigenvalue weighted by molar-refractivity contribution is 5.70. The van der Waals surface area contributed by atoms with Crippen LogP contribution in [0.15, 0.2) is 24.3 Å². The number of rotatable bonds is 14. The molecular formula is C19H31NO5. The Balaban J connectivity index is 1.85. The number of carbonyl (C=O) groups is 1. The smallest absolute Gasteiger partial charge is 0.410 e. The van der Waals surface area contributed by atoms with Gasteiger partial charge in [0.15, 0.2) is 0 Å². The molecule has 0 unspecified atom stereocenters. The van der Waals surface area contributed by atoms with Crippen LogP contribution in [-0.4, -0.2) is 52.3 Å². The van der Waals surface area contributed by atoms with Crippen LogP contribution in [0.4, 0.5) is 4.79 Å². The van der Waals surface area contributed by atoms with Gasteiger partial charge in [0.25, 0.3) is 0 Å². The Hall–Kier alpha value is -1.63. The first kappa shape index (κ1) is 21.4. The summed E-state index contributed by atoms with van der Waals surface area (Å²) in [4.78, 5) is 11.6. The van der Waals surface area contributed by atoms with E-state index in [4.69, 9.17) is 18.9 Å². The third kappa shape index (κ3) is 12.4. The Bertz CT molecular complexity index is 450. The number of hydrogen-bond donors (Lipinski definition) is 1. The van der Waals surface area contributed by atoms with Crippen molar-refractivity contribution in [3.63, 3.8) is 0 Å². The molecule has 1 aromatic rings. The van der Waals surface area contributed by atoms with Crippen LogP contribution in [0.1, 0.15) is 31.7 Å². The summed E-state index contributed by atoms with van der Waals surface area (Å²) in [5.74, 6) is 0.537. The lowest BCUT2D eigenvalue weighted by Gasteiger charge is -2.08. The molecule has 0 spiro atoms. The van der Waals surface area contributed by atoms with E-state index in [0.717, 1.165) is 31.4 Å². The fourth-order valence-corrected chi connectivity index (χ4v) is 1.90. The number of unbranched alkanes of at least 4 members (excludes halogenated alkanes) is 1. The fraction of sp³-hybridized carbons (Fsp3) is 0.632. The molecule has 0 aliphatic rings. The van der Waals surface area contributed by atoms with Crippen LogP contribution >= 0.6 is 0 Å². The molecular weight excluding hydrogens is 322 g/mol. The molecule has 6 nitrogen and oxygen atoms in total. The predicted octanol–water partition coefficient (Wildman–Crippen LogP) is 3.32. The van der Waals surface area contributed by atoms with Gasteiger partial charge in [-0.1, -0.05) is 31.0 Å². The van der Waals surface area contributed by atoms with Gasteiger partial charge in [0.2, 0.25) is 0 Å². The molecule has 0 saturated heterocycles. The summed E-state index contributed by atoms with van der Waals surface area (Å²) in [5.41, 5.74) is 1.12. The zero-order chi connectivity index (χ0) is 18.2. The molecule has 142 valence electrons. The van der Waals surface area contributed by atoms with Crippen LogP contribution in [0.3, 0.4) is 0 Å². The number of carbonyl (C=O) groups excluding carboxylic acids is 1. The Morgan fingerprint density at radius 3 is 2.04 bits per heavy atom. The summed E-state index contributed by atoms with van der Waals surface area (Å²) in [7, 11) is 0. The molecule has 0 aromatic heterocycles. The lowest BCUT2D eigenvalue weighted by Crippen LogP contribution is -2.28. The molecule has 0 aliphatic carbocycles. The van der Waals surface area contributed by atoms with E-state index in [1.54, 1.807) is 12.1 Å². The lowest BCUT2D eigenvalue weighted by atomic mass is 10.2. The van der Waals surface area contributed by atoms with Crippen molar-refractivity contribution in [1.29, 1.82) is 0 Å². The Kier molecular flexibility index (Phi) is 12.6. The van der Waals surface area contributed by atoms with Gasteiger partial charge in [-0.2, -0.15) is 0 Å². The molecule has 1 amide bonds. The Morgan fingerprint density at radius 1 is 0.880 bits per heavy atom. The molecule has 0 radical (unpaired) electrons. The standard InChI is InChI=1S/C19H31NO5/c1-3-4-11-22-13-15-24-16-14-23-12-5-10-20-19(21)25-18-8-6-17(2)7-9-18/h6-9H,3-5,10-16H2,1-2H3,(H,20,21). The van der Waals surface area contributed by atoms with Crippen LogP contribution in [0, 0.1) is 6.92 Å². The van der Waals surface area contributed by atoms with E-state index in [2.05, 4.69) is 12.2 Å². The van der Waals surface area contributed by atoms with E-state index in [9.17, 15) is 4.79 Å². The molecule has 0 bridgehead atoms. The SMILES string of the molecule is CCCCOCCOCCOCCCNC(=O)Oc1ccc(C)cc1.